The average molecular weight is 306 g/mol. The van der Waals surface area contributed by atoms with Crippen LogP contribution in [0.1, 0.15) is 26.8 Å². The first kappa shape index (κ1) is 13.7. The van der Waals surface area contributed by atoms with Crippen LogP contribution in [0.3, 0.4) is 0 Å². The third kappa shape index (κ3) is 2.29. The van der Waals surface area contributed by atoms with Crippen molar-refractivity contribution in [3.8, 4) is 0 Å². The molecule has 5 nitrogen and oxygen atoms in total. The van der Waals surface area contributed by atoms with Crippen LogP contribution in [0.5, 0.6) is 0 Å². The highest BCUT2D eigenvalue weighted by Crippen LogP contribution is 2.34. The standard InChI is InChI=1S/C14H11FN2O3S/c15-10-7-16-4-1-8(10)13(18)17-5-2-11-9(3-6-21-11)12(17)14(19)20/h1,3-4,6-7,12H,2,5H2,(H,19,20). The van der Waals surface area contributed by atoms with E-state index >= 15 is 0 Å². The van der Waals surface area contributed by atoms with Gasteiger partial charge in [0.25, 0.3) is 5.91 Å². The first-order valence-corrected chi connectivity index (χ1v) is 7.17. The van der Waals surface area contributed by atoms with Crippen molar-refractivity contribution in [1.82, 2.24) is 9.88 Å². The molecule has 1 atom stereocenters. The second-order valence-electron chi connectivity index (χ2n) is 4.64. The highest BCUT2D eigenvalue weighted by Gasteiger charge is 2.37. The van der Waals surface area contributed by atoms with E-state index in [0.717, 1.165) is 11.1 Å². The number of carboxylic acids is 1. The fraction of sp³-hybridized carbons (Fsp3) is 0.214. The largest absolute Gasteiger partial charge is 0.479 e. The quantitative estimate of drug-likeness (QED) is 0.922. The number of amides is 1. The van der Waals surface area contributed by atoms with Crippen molar-refractivity contribution < 1.29 is 19.1 Å². The number of carbonyl (C=O) groups is 2. The molecule has 0 saturated heterocycles. The van der Waals surface area contributed by atoms with Gasteiger partial charge in [0.2, 0.25) is 0 Å². The molecule has 0 aromatic carbocycles. The van der Waals surface area contributed by atoms with Crippen LogP contribution in [0.2, 0.25) is 0 Å². The van der Waals surface area contributed by atoms with Gasteiger partial charge in [-0.2, -0.15) is 0 Å². The number of aromatic nitrogens is 1. The average Bonchev–Trinajstić information content (AvgIpc) is 2.94. The molecule has 3 heterocycles. The van der Waals surface area contributed by atoms with Gasteiger partial charge in [-0.25, -0.2) is 9.18 Å². The molecule has 1 aliphatic heterocycles. The smallest absolute Gasteiger partial charge is 0.331 e. The fourth-order valence-electron chi connectivity index (χ4n) is 2.50. The van der Waals surface area contributed by atoms with E-state index in [1.807, 2.05) is 5.38 Å². The summed E-state index contributed by atoms with van der Waals surface area (Å²) in [5, 5.41) is 11.3. The summed E-state index contributed by atoms with van der Waals surface area (Å²) in [5.74, 6) is -2.49. The Kier molecular flexibility index (Phi) is 3.42. The fourth-order valence-corrected chi connectivity index (χ4v) is 3.41. The molecular weight excluding hydrogens is 295 g/mol. The van der Waals surface area contributed by atoms with Crippen molar-refractivity contribution in [2.24, 2.45) is 0 Å². The van der Waals surface area contributed by atoms with E-state index in [0.29, 0.717) is 12.0 Å². The maximum absolute atomic E-state index is 13.7. The van der Waals surface area contributed by atoms with Gasteiger partial charge in [0.15, 0.2) is 11.9 Å². The Morgan fingerprint density at radius 1 is 1.43 bits per heavy atom. The lowest BCUT2D eigenvalue weighted by Crippen LogP contribution is -2.43. The normalized spacial score (nSPS) is 17.4. The van der Waals surface area contributed by atoms with Crippen LogP contribution >= 0.6 is 11.3 Å². The Balaban J connectivity index is 2.00. The minimum absolute atomic E-state index is 0.157. The van der Waals surface area contributed by atoms with Crippen molar-refractivity contribution >= 4 is 23.2 Å². The number of thiophene rings is 1. The van der Waals surface area contributed by atoms with Crippen LogP contribution < -0.4 is 0 Å². The first-order chi connectivity index (χ1) is 10.1. The van der Waals surface area contributed by atoms with E-state index in [9.17, 15) is 19.1 Å². The molecular formula is C14H11FN2O3S. The minimum atomic E-state index is -1.11. The molecule has 7 heteroatoms. The maximum atomic E-state index is 13.7. The van der Waals surface area contributed by atoms with Gasteiger partial charge < -0.3 is 10.0 Å². The number of carbonyl (C=O) groups excluding carboxylic acids is 1. The zero-order valence-corrected chi connectivity index (χ0v) is 11.6. The number of pyridine rings is 1. The Hall–Kier alpha value is -2.28. The third-order valence-corrected chi connectivity index (χ3v) is 4.46. The third-order valence-electron chi connectivity index (χ3n) is 3.46. The van der Waals surface area contributed by atoms with E-state index in [1.54, 1.807) is 6.07 Å². The van der Waals surface area contributed by atoms with E-state index < -0.39 is 23.7 Å². The van der Waals surface area contributed by atoms with Crippen LogP contribution in [0.25, 0.3) is 0 Å². The van der Waals surface area contributed by atoms with Gasteiger partial charge in [-0.15, -0.1) is 11.3 Å². The molecule has 0 saturated carbocycles. The van der Waals surface area contributed by atoms with Crippen LogP contribution in [0.4, 0.5) is 4.39 Å². The van der Waals surface area contributed by atoms with Gasteiger partial charge in [0.1, 0.15) is 0 Å². The summed E-state index contributed by atoms with van der Waals surface area (Å²) in [4.78, 5) is 29.8. The Labute approximate surface area is 123 Å². The van der Waals surface area contributed by atoms with Crippen LogP contribution in [0, 0.1) is 5.82 Å². The van der Waals surface area contributed by atoms with Crippen LogP contribution in [0.15, 0.2) is 29.9 Å². The summed E-state index contributed by atoms with van der Waals surface area (Å²) in [6, 6.07) is 1.90. The number of halogens is 1. The minimum Gasteiger partial charge on any atom is -0.479 e. The molecule has 0 spiro atoms. The van der Waals surface area contributed by atoms with Gasteiger partial charge in [-0.1, -0.05) is 0 Å². The van der Waals surface area contributed by atoms with Crippen LogP contribution in [-0.4, -0.2) is 33.4 Å². The highest BCUT2D eigenvalue weighted by atomic mass is 32.1. The van der Waals surface area contributed by atoms with Crippen molar-refractivity contribution in [1.29, 1.82) is 0 Å². The lowest BCUT2D eigenvalue weighted by Gasteiger charge is -2.33. The summed E-state index contributed by atoms with van der Waals surface area (Å²) >= 11 is 1.47. The number of hydrogen-bond donors (Lipinski definition) is 1. The number of aliphatic carboxylic acids is 1. The van der Waals surface area contributed by atoms with Crippen molar-refractivity contribution in [2.75, 3.05) is 6.54 Å². The number of hydrogen-bond acceptors (Lipinski definition) is 4. The molecule has 1 aliphatic rings. The Bertz CT molecular complexity index is 716. The molecule has 0 radical (unpaired) electrons. The zero-order valence-electron chi connectivity index (χ0n) is 10.8. The molecule has 1 amide bonds. The number of fused-ring (bicyclic) bond motifs is 1. The molecule has 2 aromatic rings. The first-order valence-electron chi connectivity index (χ1n) is 6.29. The predicted molar refractivity (Wildman–Crippen MR) is 73.6 cm³/mol. The van der Waals surface area contributed by atoms with Crippen molar-refractivity contribution in [3.05, 3.63) is 51.7 Å². The molecule has 2 aromatic heterocycles. The highest BCUT2D eigenvalue weighted by molar-refractivity contribution is 7.10. The lowest BCUT2D eigenvalue weighted by atomic mass is 9.99. The Morgan fingerprint density at radius 3 is 2.95 bits per heavy atom. The predicted octanol–water partition coefficient (Wildman–Crippen LogP) is 2.11. The van der Waals surface area contributed by atoms with Gasteiger partial charge in [-0.05, 0) is 29.5 Å². The molecule has 0 bridgehead atoms. The Morgan fingerprint density at radius 2 is 2.24 bits per heavy atom. The van der Waals surface area contributed by atoms with Gasteiger partial charge in [-0.3, -0.25) is 9.78 Å². The number of carboxylic acid groups (broad SMARTS) is 1. The molecule has 0 fully saturated rings. The van der Waals surface area contributed by atoms with Crippen molar-refractivity contribution in [2.45, 2.75) is 12.5 Å². The summed E-state index contributed by atoms with van der Waals surface area (Å²) in [6.45, 7) is 0.255. The second kappa shape index (κ2) is 5.25. The topological polar surface area (TPSA) is 70.5 Å². The summed E-state index contributed by atoms with van der Waals surface area (Å²) in [7, 11) is 0. The molecule has 108 valence electrons. The summed E-state index contributed by atoms with van der Waals surface area (Å²) in [6.07, 6.45) is 2.84. The van der Waals surface area contributed by atoms with E-state index in [4.69, 9.17) is 0 Å². The molecule has 21 heavy (non-hydrogen) atoms. The number of rotatable bonds is 2. The molecule has 3 rings (SSSR count). The van der Waals surface area contributed by atoms with Gasteiger partial charge in [0.05, 0.1) is 11.8 Å². The molecule has 0 aliphatic carbocycles. The molecule has 1 N–H and O–H groups in total. The zero-order chi connectivity index (χ0) is 15.0. The van der Waals surface area contributed by atoms with Crippen molar-refractivity contribution in [3.63, 3.8) is 0 Å². The van der Waals surface area contributed by atoms with E-state index in [2.05, 4.69) is 4.98 Å². The summed E-state index contributed by atoms with van der Waals surface area (Å²) in [5.41, 5.74) is 0.455. The summed E-state index contributed by atoms with van der Waals surface area (Å²) < 4.78 is 13.7. The molecule has 1 unspecified atom stereocenters. The van der Waals surface area contributed by atoms with Gasteiger partial charge in [0, 0.05) is 17.6 Å². The van der Waals surface area contributed by atoms with Gasteiger partial charge >= 0.3 is 5.97 Å². The SMILES string of the molecule is O=C(O)C1c2ccsc2CCN1C(=O)c1ccncc1F. The maximum Gasteiger partial charge on any atom is 0.331 e. The monoisotopic (exact) mass is 306 g/mol. The van der Waals surface area contributed by atoms with E-state index in [-0.39, 0.29) is 12.1 Å². The number of nitrogens with zero attached hydrogens (tertiary/aromatic N) is 2. The van der Waals surface area contributed by atoms with E-state index in [1.165, 1.54) is 28.5 Å². The second-order valence-corrected chi connectivity index (χ2v) is 5.64. The lowest BCUT2D eigenvalue weighted by molar-refractivity contribution is -0.142. The van der Waals surface area contributed by atoms with Crippen LogP contribution in [-0.2, 0) is 11.2 Å².